The molecule has 6 nitrogen and oxygen atoms in total. The van der Waals surface area contributed by atoms with Crippen molar-refractivity contribution in [2.75, 3.05) is 7.05 Å². The minimum Gasteiger partial charge on any atom is -0.455 e. The van der Waals surface area contributed by atoms with Crippen LogP contribution in [0.2, 0.25) is 0 Å². The molecule has 12 heteroatoms. The predicted molar refractivity (Wildman–Crippen MR) is 95.3 cm³/mol. The predicted octanol–water partition coefficient (Wildman–Crippen LogP) is 4.27. The number of halogens is 5. The molecule has 0 saturated heterocycles. The number of carbonyl (C=O) groups is 1. The summed E-state index contributed by atoms with van der Waals surface area (Å²) in [6.07, 6.45) is 0. The van der Waals surface area contributed by atoms with Crippen LogP contribution in [0.15, 0.2) is 34.7 Å². The summed E-state index contributed by atoms with van der Waals surface area (Å²) in [5.41, 5.74) is -6.62. The van der Waals surface area contributed by atoms with Gasteiger partial charge < -0.3 is 13.9 Å². The monoisotopic (exact) mass is 449 g/mol. The minimum absolute atomic E-state index is 0.175. The first kappa shape index (κ1) is 21.6. The summed E-state index contributed by atoms with van der Waals surface area (Å²) < 4.78 is 98.5. The van der Waals surface area contributed by atoms with Gasteiger partial charge in [-0.05, 0) is 42.8 Å². The molecule has 0 saturated carbocycles. The summed E-state index contributed by atoms with van der Waals surface area (Å²) in [4.78, 5) is 12.4. The van der Waals surface area contributed by atoms with E-state index in [0.717, 1.165) is 25.1 Å². The molecule has 0 bridgehead atoms. The Morgan fingerprint density at radius 2 is 1.73 bits per heavy atom. The maximum atomic E-state index is 15.1. The molecule has 0 unspecified atom stereocenters. The average Bonchev–Trinajstić information content (AvgIpc) is 3.03. The smallest absolute Gasteiger partial charge is 0.455 e. The highest BCUT2D eigenvalue weighted by Gasteiger charge is 2.49. The maximum absolute atomic E-state index is 15.1. The molecule has 0 radical (unpaired) electrons. The number of amides is 1. The Morgan fingerprint density at radius 1 is 1.13 bits per heavy atom. The molecule has 3 aromatic rings. The highest BCUT2D eigenvalue weighted by molar-refractivity contribution is 7.88. The summed E-state index contributed by atoms with van der Waals surface area (Å²) in [5.74, 6) is -4.42. The topological polar surface area (TPSA) is 85.6 Å². The quantitative estimate of drug-likeness (QED) is 0.365. The normalized spacial score (nSPS) is 12.2. The van der Waals surface area contributed by atoms with E-state index in [1.165, 1.54) is 19.2 Å². The van der Waals surface area contributed by atoms with Crippen LogP contribution >= 0.6 is 0 Å². The van der Waals surface area contributed by atoms with Crippen LogP contribution in [0.5, 0.6) is 5.75 Å². The molecule has 160 valence electrons. The molecule has 1 N–H and O–H groups in total. The first-order valence-corrected chi connectivity index (χ1v) is 9.52. The van der Waals surface area contributed by atoms with Crippen molar-refractivity contribution >= 4 is 27.0 Å². The summed E-state index contributed by atoms with van der Waals surface area (Å²) >= 11 is 0. The van der Waals surface area contributed by atoms with Gasteiger partial charge in [0.05, 0.1) is 10.9 Å². The van der Waals surface area contributed by atoms with Gasteiger partial charge in [0.15, 0.2) is 11.6 Å². The molecule has 0 fully saturated rings. The molecule has 3 rings (SSSR count). The van der Waals surface area contributed by atoms with Crippen molar-refractivity contribution in [3.63, 3.8) is 0 Å². The van der Waals surface area contributed by atoms with Gasteiger partial charge in [0.2, 0.25) is 0 Å². The number of fused-ring (bicyclic) bond motifs is 1. The molecule has 0 aliphatic carbocycles. The number of aryl methyl sites for hydroxylation is 1. The molecule has 1 heterocycles. The van der Waals surface area contributed by atoms with Crippen molar-refractivity contribution in [1.29, 1.82) is 0 Å². The van der Waals surface area contributed by atoms with Crippen LogP contribution < -0.4 is 9.50 Å². The molecular formula is C18H12F5NO5S. The lowest BCUT2D eigenvalue weighted by molar-refractivity contribution is -0.0501. The van der Waals surface area contributed by atoms with E-state index < -0.39 is 49.9 Å². The van der Waals surface area contributed by atoms with Crippen molar-refractivity contribution in [3.8, 4) is 17.1 Å². The van der Waals surface area contributed by atoms with Crippen molar-refractivity contribution in [1.82, 2.24) is 5.32 Å². The van der Waals surface area contributed by atoms with Gasteiger partial charge in [-0.15, -0.1) is 0 Å². The van der Waals surface area contributed by atoms with Crippen LogP contribution in [0.1, 0.15) is 15.9 Å². The number of alkyl halides is 3. The molecule has 30 heavy (non-hydrogen) atoms. The van der Waals surface area contributed by atoms with E-state index in [9.17, 15) is 30.8 Å². The third-order valence-electron chi connectivity index (χ3n) is 4.10. The Balaban J connectivity index is 2.32. The maximum Gasteiger partial charge on any atom is 0.534 e. The number of benzene rings is 2. The zero-order valence-corrected chi connectivity index (χ0v) is 16.0. The fourth-order valence-corrected chi connectivity index (χ4v) is 3.24. The third-order valence-corrected chi connectivity index (χ3v) is 5.05. The molecule has 0 atom stereocenters. The Bertz CT molecular complexity index is 1250. The highest BCUT2D eigenvalue weighted by Crippen LogP contribution is 2.41. The lowest BCUT2D eigenvalue weighted by atomic mass is 10.0. The summed E-state index contributed by atoms with van der Waals surface area (Å²) in [6, 6.07) is 5.63. The van der Waals surface area contributed by atoms with Crippen LogP contribution in [0.25, 0.3) is 22.3 Å². The Labute approximate surface area is 166 Å². The van der Waals surface area contributed by atoms with Crippen LogP contribution in [-0.2, 0) is 10.1 Å². The van der Waals surface area contributed by atoms with Crippen molar-refractivity contribution in [2.45, 2.75) is 12.4 Å². The minimum atomic E-state index is -6.17. The number of rotatable bonds is 4. The lowest BCUT2D eigenvalue weighted by Gasteiger charge is -2.12. The molecule has 2 aromatic carbocycles. The van der Waals surface area contributed by atoms with E-state index in [-0.39, 0.29) is 22.5 Å². The number of nitrogens with one attached hydrogen (secondary N) is 1. The van der Waals surface area contributed by atoms with Crippen molar-refractivity contribution in [3.05, 3.63) is 53.1 Å². The van der Waals surface area contributed by atoms with Gasteiger partial charge in [-0.25, -0.2) is 8.78 Å². The fraction of sp³-hybridized carbons (Fsp3) is 0.167. The lowest BCUT2D eigenvalue weighted by Crippen LogP contribution is -2.28. The highest BCUT2D eigenvalue weighted by atomic mass is 32.2. The Hall–Kier alpha value is -3.15. The zero-order chi connectivity index (χ0) is 22.4. The molecule has 0 aliphatic rings. The molecular weight excluding hydrogens is 437 g/mol. The first-order chi connectivity index (χ1) is 13.9. The van der Waals surface area contributed by atoms with Crippen molar-refractivity contribution < 1.29 is 43.8 Å². The second kappa shape index (κ2) is 7.27. The van der Waals surface area contributed by atoms with Gasteiger partial charge in [-0.1, -0.05) is 0 Å². The van der Waals surface area contributed by atoms with Gasteiger partial charge in [-0.3, -0.25) is 4.79 Å². The third kappa shape index (κ3) is 3.58. The SMILES string of the molecule is CNC(=O)c1c(-c2ccc(F)cc2)oc2cc(C)c(OS(=O)(=O)C(F)(F)F)c(F)c12. The number of hydrogen-bond donors (Lipinski definition) is 1. The van der Waals surface area contributed by atoms with Crippen molar-refractivity contribution in [2.24, 2.45) is 0 Å². The number of hydrogen-bond acceptors (Lipinski definition) is 5. The fourth-order valence-electron chi connectivity index (χ4n) is 2.72. The zero-order valence-electron chi connectivity index (χ0n) is 15.2. The van der Waals surface area contributed by atoms with Crippen LogP contribution in [0.3, 0.4) is 0 Å². The summed E-state index contributed by atoms with van der Waals surface area (Å²) in [7, 11) is -4.95. The first-order valence-electron chi connectivity index (χ1n) is 8.11. The van der Waals surface area contributed by atoms with Gasteiger partial charge >= 0.3 is 15.6 Å². The van der Waals surface area contributed by atoms with Crippen LogP contribution in [0, 0.1) is 18.6 Å². The second-order valence-corrected chi connectivity index (χ2v) is 7.62. The molecule has 0 aliphatic heterocycles. The van der Waals surface area contributed by atoms with Gasteiger partial charge in [0.25, 0.3) is 5.91 Å². The Kier molecular flexibility index (Phi) is 5.23. The standard InChI is InChI=1S/C18H12F5NO5S/c1-8-7-11-12(14(20)15(8)29-30(26,27)18(21,22)23)13(17(25)24-2)16(28-11)9-3-5-10(19)6-4-9/h3-7H,1-2H3,(H,24,25). The molecule has 1 aromatic heterocycles. The second-order valence-electron chi connectivity index (χ2n) is 6.09. The Morgan fingerprint density at radius 3 is 2.27 bits per heavy atom. The molecule has 0 spiro atoms. The van der Waals surface area contributed by atoms with Crippen LogP contribution in [-0.4, -0.2) is 26.9 Å². The van der Waals surface area contributed by atoms with E-state index in [1.54, 1.807) is 0 Å². The van der Waals surface area contributed by atoms with E-state index in [1.807, 2.05) is 0 Å². The van der Waals surface area contributed by atoms with Gasteiger partial charge in [0, 0.05) is 12.6 Å². The average molecular weight is 449 g/mol. The van der Waals surface area contributed by atoms with E-state index >= 15 is 4.39 Å². The number of furan rings is 1. The summed E-state index contributed by atoms with van der Waals surface area (Å²) in [5, 5.41) is 1.65. The number of carbonyl (C=O) groups excluding carboxylic acids is 1. The van der Waals surface area contributed by atoms with E-state index in [0.29, 0.717) is 0 Å². The van der Waals surface area contributed by atoms with E-state index in [4.69, 9.17) is 4.42 Å². The van der Waals surface area contributed by atoms with Gasteiger partial charge in [0.1, 0.15) is 17.2 Å². The van der Waals surface area contributed by atoms with Crippen LogP contribution in [0.4, 0.5) is 22.0 Å². The molecule has 1 amide bonds. The van der Waals surface area contributed by atoms with Gasteiger partial charge in [-0.2, -0.15) is 21.6 Å². The summed E-state index contributed by atoms with van der Waals surface area (Å²) in [6.45, 7) is 1.10. The largest absolute Gasteiger partial charge is 0.534 e. The van der Waals surface area contributed by atoms with E-state index in [2.05, 4.69) is 9.50 Å².